The fourth-order valence-corrected chi connectivity index (χ4v) is 3.53. The van der Waals surface area contributed by atoms with E-state index >= 15 is 0 Å². The van der Waals surface area contributed by atoms with Gasteiger partial charge in [0.25, 0.3) is 0 Å². The average molecular weight is 356 g/mol. The Labute approximate surface area is 152 Å². The molecular formula is C19H24N4O3. The number of ether oxygens (including phenoxy) is 2. The third kappa shape index (κ3) is 3.32. The van der Waals surface area contributed by atoms with Crippen LogP contribution in [0.2, 0.25) is 0 Å². The van der Waals surface area contributed by atoms with E-state index in [2.05, 4.69) is 10.4 Å². The minimum atomic E-state index is -0.343. The van der Waals surface area contributed by atoms with Crippen LogP contribution in [0, 0.1) is 13.8 Å². The minimum absolute atomic E-state index is 0.115. The summed E-state index contributed by atoms with van der Waals surface area (Å²) in [7, 11) is 0. The zero-order chi connectivity index (χ0) is 18.1. The topological polar surface area (TPSA) is 68.6 Å². The number of rotatable bonds is 2. The first-order valence-corrected chi connectivity index (χ1v) is 8.95. The van der Waals surface area contributed by atoms with Crippen LogP contribution in [0.1, 0.15) is 17.5 Å². The first kappa shape index (κ1) is 17.1. The van der Waals surface area contributed by atoms with Gasteiger partial charge in [-0.15, -0.1) is 0 Å². The number of urea groups is 1. The fraction of sp³-hybridized carbons (Fsp3) is 0.474. The fourth-order valence-electron chi connectivity index (χ4n) is 3.53. The van der Waals surface area contributed by atoms with E-state index in [0.717, 1.165) is 28.9 Å². The molecule has 0 bridgehead atoms. The maximum Gasteiger partial charge on any atom is 0.322 e. The number of hydrogen-bond donors (Lipinski definition) is 1. The highest BCUT2D eigenvalue weighted by atomic mass is 16.6. The van der Waals surface area contributed by atoms with Gasteiger partial charge in [0.15, 0.2) is 0 Å². The second-order valence-electron chi connectivity index (χ2n) is 7.17. The third-order valence-corrected chi connectivity index (χ3v) is 4.95. The van der Waals surface area contributed by atoms with Crippen molar-refractivity contribution >= 4 is 11.7 Å². The van der Waals surface area contributed by atoms with Crippen LogP contribution >= 0.6 is 0 Å². The Balaban J connectivity index is 1.55. The number of nitrogens with one attached hydrogen (secondary N) is 1. The molecule has 1 aromatic carbocycles. The number of anilines is 1. The van der Waals surface area contributed by atoms with E-state index < -0.39 is 0 Å². The van der Waals surface area contributed by atoms with Crippen molar-refractivity contribution in [2.75, 3.05) is 38.2 Å². The van der Waals surface area contributed by atoms with Gasteiger partial charge in [-0.3, -0.25) is 0 Å². The van der Waals surface area contributed by atoms with Gasteiger partial charge in [0.1, 0.15) is 5.60 Å². The Morgan fingerprint density at radius 2 is 2.15 bits per heavy atom. The highest BCUT2D eigenvalue weighted by molar-refractivity contribution is 5.91. The third-order valence-electron chi connectivity index (χ3n) is 4.95. The normalized spacial score (nSPS) is 22.8. The van der Waals surface area contributed by atoms with Crippen molar-refractivity contribution in [1.82, 2.24) is 14.7 Å². The summed E-state index contributed by atoms with van der Waals surface area (Å²) in [6.45, 7) is 6.92. The van der Waals surface area contributed by atoms with Gasteiger partial charge in [-0.2, -0.15) is 5.10 Å². The molecule has 1 unspecified atom stereocenters. The number of aromatic nitrogens is 2. The lowest BCUT2D eigenvalue weighted by Crippen LogP contribution is -2.55. The van der Waals surface area contributed by atoms with Gasteiger partial charge < -0.3 is 19.7 Å². The number of nitrogens with zero attached hydrogens (tertiary/aromatic N) is 3. The Morgan fingerprint density at radius 1 is 1.27 bits per heavy atom. The molecule has 0 radical (unpaired) electrons. The van der Waals surface area contributed by atoms with Gasteiger partial charge in [0.05, 0.1) is 37.3 Å². The second-order valence-corrected chi connectivity index (χ2v) is 7.17. The molecule has 2 fully saturated rings. The Hall–Kier alpha value is -2.38. The summed E-state index contributed by atoms with van der Waals surface area (Å²) in [4.78, 5) is 14.7. The Morgan fingerprint density at radius 3 is 2.88 bits per heavy atom. The van der Waals surface area contributed by atoms with Crippen LogP contribution in [-0.4, -0.2) is 59.2 Å². The van der Waals surface area contributed by atoms with Crippen LogP contribution in [-0.2, 0) is 9.47 Å². The number of carbonyl (C=O) groups is 1. The van der Waals surface area contributed by atoms with Gasteiger partial charge in [-0.05, 0) is 37.1 Å². The van der Waals surface area contributed by atoms with Crippen LogP contribution in [0.5, 0.6) is 0 Å². The number of carbonyl (C=O) groups excluding carboxylic acids is 1. The molecule has 26 heavy (non-hydrogen) atoms. The van der Waals surface area contributed by atoms with Crippen LogP contribution in [0.3, 0.4) is 0 Å². The second kappa shape index (κ2) is 6.74. The van der Waals surface area contributed by atoms with Crippen molar-refractivity contribution in [3.05, 3.63) is 41.7 Å². The van der Waals surface area contributed by atoms with Gasteiger partial charge in [-0.25, -0.2) is 9.48 Å². The Bertz CT molecular complexity index is 811. The molecule has 7 heteroatoms. The van der Waals surface area contributed by atoms with Crippen LogP contribution in [0.25, 0.3) is 5.69 Å². The molecule has 1 N–H and O–H groups in total. The molecule has 0 aliphatic carbocycles. The Kier molecular flexibility index (Phi) is 4.42. The van der Waals surface area contributed by atoms with E-state index in [1.807, 2.05) is 43.1 Å². The van der Waals surface area contributed by atoms with Gasteiger partial charge in [-0.1, -0.05) is 6.07 Å². The first-order valence-electron chi connectivity index (χ1n) is 8.95. The van der Waals surface area contributed by atoms with E-state index in [1.54, 1.807) is 10.9 Å². The zero-order valence-corrected chi connectivity index (χ0v) is 15.2. The summed E-state index contributed by atoms with van der Waals surface area (Å²) < 4.78 is 13.2. The summed E-state index contributed by atoms with van der Waals surface area (Å²) in [6, 6.07) is 5.85. The van der Waals surface area contributed by atoms with E-state index in [-0.39, 0.29) is 11.6 Å². The number of amides is 2. The number of benzene rings is 1. The molecule has 138 valence electrons. The molecule has 2 amide bonds. The number of hydrogen-bond acceptors (Lipinski definition) is 4. The highest BCUT2D eigenvalue weighted by Gasteiger charge is 2.41. The van der Waals surface area contributed by atoms with Crippen molar-refractivity contribution in [2.45, 2.75) is 25.9 Å². The minimum Gasteiger partial charge on any atom is -0.378 e. The molecule has 2 saturated heterocycles. The lowest BCUT2D eigenvalue weighted by atomic mass is 10.0. The van der Waals surface area contributed by atoms with E-state index in [9.17, 15) is 4.79 Å². The largest absolute Gasteiger partial charge is 0.378 e. The van der Waals surface area contributed by atoms with Gasteiger partial charge in [0.2, 0.25) is 0 Å². The standard InChI is InChI=1S/C19H24N4O3/c1-14-3-4-17(23-11-15(2)10-20-23)16(9-14)21-18(24)22-6-8-26-19(12-22)5-7-25-13-19/h3-4,9-11H,5-8,12-13H2,1-2H3,(H,21,24). The molecular weight excluding hydrogens is 332 g/mol. The maximum atomic E-state index is 12.9. The highest BCUT2D eigenvalue weighted by Crippen LogP contribution is 2.28. The molecule has 1 aromatic heterocycles. The monoisotopic (exact) mass is 356 g/mol. The number of morpholine rings is 1. The van der Waals surface area contributed by atoms with Crippen molar-refractivity contribution in [1.29, 1.82) is 0 Å². The SMILES string of the molecule is Cc1ccc(-n2cc(C)cn2)c(NC(=O)N2CCOC3(CCOC3)C2)c1. The molecule has 1 spiro atoms. The summed E-state index contributed by atoms with van der Waals surface area (Å²) >= 11 is 0. The van der Waals surface area contributed by atoms with Crippen molar-refractivity contribution in [3.63, 3.8) is 0 Å². The average Bonchev–Trinajstić information content (AvgIpc) is 3.24. The maximum absolute atomic E-state index is 12.9. The van der Waals surface area contributed by atoms with Crippen molar-refractivity contribution in [3.8, 4) is 5.69 Å². The molecule has 4 rings (SSSR count). The smallest absolute Gasteiger partial charge is 0.322 e. The van der Waals surface area contributed by atoms with E-state index in [1.165, 1.54) is 0 Å². The van der Waals surface area contributed by atoms with E-state index in [0.29, 0.717) is 32.9 Å². The molecule has 0 saturated carbocycles. The van der Waals surface area contributed by atoms with Crippen molar-refractivity contribution in [2.24, 2.45) is 0 Å². The summed E-state index contributed by atoms with van der Waals surface area (Å²) in [5.74, 6) is 0. The first-order chi connectivity index (χ1) is 12.5. The molecule has 7 nitrogen and oxygen atoms in total. The molecule has 2 aromatic rings. The number of aryl methyl sites for hydroxylation is 2. The molecule has 1 atom stereocenters. The quantitative estimate of drug-likeness (QED) is 0.898. The van der Waals surface area contributed by atoms with Crippen LogP contribution < -0.4 is 5.32 Å². The van der Waals surface area contributed by atoms with E-state index in [4.69, 9.17) is 9.47 Å². The van der Waals surface area contributed by atoms with Crippen molar-refractivity contribution < 1.29 is 14.3 Å². The predicted octanol–water partition coefficient (Wildman–Crippen LogP) is 2.51. The summed E-state index contributed by atoms with van der Waals surface area (Å²) in [5, 5.41) is 7.43. The van der Waals surface area contributed by atoms with Crippen LogP contribution in [0.15, 0.2) is 30.6 Å². The molecule has 3 heterocycles. The molecule has 2 aliphatic heterocycles. The predicted molar refractivity (Wildman–Crippen MR) is 97.7 cm³/mol. The lowest BCUT2D eigenvalue weighted by Gasteiger charge is -2.39. The lowest BCUT2D eigenvalue weighted by molar-refractivity contribution is -0.0964. The summed E-state index contributed by atoms with van der Waals surface area (Å²) in [6.07, 6.45) is 4.58. The van der Waals surface area contributed by atoms with Gasteiger partial charge >= 0.3 is 6.03 Å². The molecule has 2 aliphatic rings. The summed E-state index contributed by atoms with van der Waals surface area (Å²) in [5.41, 5.74) is 3.41. The van der Waals surface area contributed by atoms with Gasteiger partial charge in [0, 0.05) is 25.8 Å². The zero-order valence-electron chi connectivity index (χ0n) is 15.2. The van der Waals surface area contributed by atoms with Crippen LogP contribution in [0.4, 0.5) is 10.5 Å².